The van der Waals surface area contributed by atoms with Crippen LogP contribution in [0.5, 0.6) is 0 Å². The number of nitrogens with one attached hydrogen (secondary N) is 2. The molecule has 1 atom stereocenters. The van der Waals surface area contributed by atoms with Gasteiger partial charge >= 0.3 is 0 Å². The Morgan fingerprint density at radius 3 is 2.81 bits per heavy atom. The van der Waals surface area contributed by atoms with Crippen LogP contribution >= 0.6 is 35.0 Å². The molecular weight excluding hydrogens is 398 g/mol. The third kappa shape index (κ3) is 4.35. The Kier molecular flexibility index (Phi) is 5.80. The van der Waals surface area contributed by atoms with Gasteiger partial charge < -0.3 is 5.32 Å². The molecule has 0 saturated carbocycles. The molecule has 0 radical (unpaired) electrons. The molecule has 0 aliphatic carbocycles. The van der Waals surface area contributed by atoms with Crippen LogP contribution in [0.15, 0.2) is 47.6 Å². The Labute approximate surface area is 163 Å². The van der Waals surface area contributed by atoms with E-state index in [2.05, 4.69) is 20.5 Å². The van der Waals surface area contributed by atoms with E-state index in [9.17, 15) is 9.18 Å². The molecule has 3 rings (SSSR count). The van der Waals surface area contributed by atoms with Crippen molar-refractivity contribution in [2.45, 2.75) is 17.3 Å². The van der Waals surface area contributed by atoms with Gasteiger partial charge in [-0.2, -0.15) is 0 Å². The van der Waals surface area contributed by atoms with Gasteiger partial charge in [-0.3, -0.25) is 9.89 Å². The van der Waals surface area contributed by atoms with Gasteiger partial charge in [-0.05, 0) is 37.3 Å². The van der Waals surface area contributed by atoms with Gasteiger partial charge in [0.1, 0.15) is 5.82 Å². The molecule has 1 heterocycles. The number of nitrogens with zero attached hydrogens (tertiary/aromatic N) is 2. The van der Waals surface area contributed by atoms with Crippen LogP contribution in [0.4, 0.5) is 10.1 Å². The number of carbonyl (C=O) groups excluding carboxylic acids is 1. The summed E-state index contributed by atoms with van der Waals surface area (Å²) < 4.78 is 13.8. The zero-order valence-corrected chi connectivity index (χ0v) is 15.8. The molecule has 5 nitrogen and oxygen atoms in total. The number of hydrogen-bond donors (Lipinski definition) is 2. The normalized spacial score (nSPS) is 12.0. The van der Waals surface area contributed by atoms with Gasteiger partial charge in [0.05, 0.1) is 21.5 Å². The smallest absolute Gasteiger partial charge is 0.237 e. The van der Waals surface area contributed by atoms with Gasteiger partial charge in [0.25, 0.3) is 0 Å². The summed E-state index contributed by atoms with van der Waals surface area (Å²) in [6.07, 6.45) is 0. The molecule has 2 aromatic carbocycles. The third-order valence-electron chi connectivity index (χ3n) is 3.43. The molecule has 9 heteroatoms. The first-order chi connectivity index (χ1) is 12.4. The monoisotopic (exact) mass is 410 g/mol. The summed E-state index contributed by atoms with van der Waals surface area (Å²) >= 11 is 13.1. The van der Waals surface area contributed by atoms with Crippen LogP contribution in [0.25, 0.3) is 11.4 Å². The van der Waals surface area contributed by atoms with Crippen LogP contribution in [-0.2, 0) is 4.79 Å². The summed E-state index contributed by atoms with van der Waals surface area (Å²) in [5.74, 6) is -0.380. The fourth-order valence-corrected chi connectivity index (χ4v) is 3.17. The van der Waals surface area contributed by atoms with Crippen molar-refractivity contribution in [1.29, 1.82) is 0 Å². The minimum Gasteiger partial charge on any atom is -0.324 e. The van der Waals surface area contributed by atoms with E-state index in [1.807, 2.05) is 0 Å². The van der Waals surface area contributed by atoms with Crippen molar-refractivity contribution >= 4 is 46.6 Å². The Morgan fingerprint density at radius 1 is 1.27 bits per heavy atom. The maximum atomic E-state index is 13.8. The lowest BCUT2D eigenvalue weighted by molar-refractivity contribution is -0.115. The number of aromatic nitrogens is 3. The Morgan fingerprint density at radius 2 is 2.04 bits per heavy atom. The van der Waals surface area contributed by atoms with Crippen molar-refractivity contribution in [2.75, 3.05) is 5.32 Å². The second kappa shape index (κ2) is 8.07. The Hall–Kier alpha value is -2.09. The Bertz CT molecular complexity index is 950. The Balaban J connectivity index is 1.68. The SMILES string of the molecule is C[C@@H](Sc1n[nH]c(-c2ccccc2F)n1)C(=O)Nc1cc(Cl)ccc1Cl. The number of halogens is 3. The molecular formula is C17H13Cl2FN4OS. The molecule has 0 aliphatic heterocycles. The molecule has 0 unspecified atom stereocenters. The summed E-state index contributed by atoms with van der Waals surface area (Å²) in [5.41, 5.74) is 0.744. The van der Waals surface area contributed by atoms with Gasteiger partial charge in [0, 0.05) is 5.02 Å². The lowest BCUT2D eigenvalue weighted by atomic mass is 10.2. The molecule has 134 valence electrons. The highest BCUT2D eigenvalue weighted by Gasteiger charge is 2.19. The molecule has 3 aromatic rings. The topological polar surface area (TPSA) is 70.7 Å². The van der Waals surface area contributed by atoms with E-state index in [1.165, 1.54) is 6.07 Å². The lowest BCUT2D eigenvalue weighted by Crippen LogP contribution is -2.22. The van der Waals surface area contributed by atoms with Gasteiger partial charge in [-0.25, -0.2) is 9.37 Å². The maximum absolute atomic E-state index is 13.8. The molecule has 2 N–H and O–H groups in total. The van der Waals surface area contributed by atoms with E-state index in [0.717, 1.165) is 11.8 Å². The second-order valence-electron chi connectivity index (χ2n) is 5.32. The van der Waals surface area contributed by atoms with Crippen molar-refractivity contribution in [3.63, 3.8) is 0 Å². The first-order valence-corrected chi connectivity index (χ1v) is 9.17. The van der Waals surface area contributed by atoms with Crippen LogP contribution in [0.2, 0.25) is 10.0 Å². The number of hydrogen-bond acceptors (Lipinski definition) is 4. The van der Waals surface area contributed by atoms with Gasteiger partial charge in [-0.1, -0.05) is 47.1 Å². The first-order valence-electron chi connectivity index (χ1n) is 7.54. The van der Waals surface area contributed by atoms with Crippen molar-refractivity contribution in [2.24, 2.45) is 0 Å². The highest BCUT2D eigenvalue weighted by atomic mass is 35.5. The molecule has 1 aromatic heterocycles. The first kappa shape index (κ1) is 18.7. The number of thioether (sulfide) groups is 1. The molecule has 0 fully saturated rings. The average molecular weight is 411 g/mol. The van der Waals surface area contributed by atoms with Crippen molar-refractivity contribution in [3.8, 4) is 11.4 Å². The fraction of sp³-hybridized carbons (Fsp3) is 0.118. The summed E-state index contributed by atoms with van der Waals surface area (Å²) in [5, 5.41) is 10.1. The van der Waals surface area contributed by atoms with Crippen molar-refractivity contribution < 1.29 is 9.18 Å². The fourth-order valence-electron chi connectivity index (χ4n) is 2.11. The van der Waals surface area contributed by atoms with Crippen LogP contribution < -0.4 is 5.32 Å². The van der Waals surface area contributed by atoms with Gasteiger partial charge in [0.2, 0.25) is 11.1 Å². The quantitative estimate of drug-likeness (QED) is 0.578. The largest absolute Gasteiger partial charge is 0.324 e. The lowest BCUT2D eigenvalue weighted by Gasteiger charge is -2.11. The number of carbonyl (C=O) groups is 1. The summed E-state index contributed by atoms with van der Waals surface area (Å²) in [7, 11) is 0. The number of H-pyrrole nitrogens is 1. The van der Waals surface area contributed by atoms with E-state index in [-0.39, 0.29) is 5.91 Å². The number of amides is 1. The highest BCUT2D eigenvalue weighted by Crippen LogP contribution is 2.28. The predicted molar refractivity (Wildman–Crippen MR) is 102 cm³/mol. The van der Waals surface area contributed by atoms with Gasteiger partial charge in [-0.15, -0.1) is 5.10 Å². The van der Waals surface area contributed by atoms with E-state index in [0.29, 0.717) is 32.3 Å². The summed E-state index contributed by atoms with van der Waals surface area (Å²) in [4.78, 5) is 16.6. The second-order valence-corrected chi connectivity index (χ2v) is 7.47. The van der Waals surface area contributed by atoms with Crippen molar-refractivity contribution in [1.82, 2.24) is 15.2 Å². The molecule has 1 amide bonds. The van der Waals surface area contributed by atoms with E-state index in [1.54, 1.807) is 43.3 Å². The van der Waals surface area contributed by atoms with E-state index >= 15 is 0 Å². The zero-order chi connectivity index (χ0) is 18.7. The van der Waals surface area contributed by atoms with E-state index in [4.69, 9.17) is 23.2 Å². The predicted octanol–water partition coefficient (Wildman–Crippen LogP) is 5.04. The molecule has 0 spiro atoms. The molecule has 0 saturated heterocycles. The summed E-state index contributed by atoms with van der Waals surface area (Å²) in [6.45, 7) is 1.71. The average Bonchev–Trinajstić information content (AvgIpc) is 3.06. The van der Waals surface area contributed by atoms with Crippen LogP contribution in [0.3, 0.4) is 0 Å². The number of benzene rings is 2. The van der Waals surface area contributed by atoms with Crippen LogP contribution in [0.1, 0.15) is 6.92 Å². The number of aromatic amines is 1. The minimum atomic E-state index is -0.505. The standard InChI is InChI=1S/C17H13Cl2FN4OS/c1-9(16(25)21-14-8-10(18)6-7-12(14)19)26-17-22-15(23-24-17)11-4-2-3-5-13(11)20/h2-9H,1H3,(H,21,25)(H,22,23,24)/t9-/m1/s1. The maximum Gasteiger partial charge on any atom is 0.237 e. The minimum absolute atomic E-state index is 0.281. The zero-order valence-electron chi connectivity index (χ0n) is 13.5. The number of anilines is 1. The van der Waals surface area contributed by atoms with E-state index < -0.39 is 11.1 Å². The highest BCUT2D eigenvalue weighted by molar-refractivity contribution is 8.00. The van der Waals surface area contributed by atoms with Crippen molar-refractivity contribution in [3.05, 3.63) is 58.3 Å². The van der Waals surface area contributed by atoms with Crippen LogP contribution in [0, 0.1) is 5.82 Å². The van der Waals surface area contributed by atoms with Crippen LogP contribution in [-0.4, -0.2) is 26.3 Å². The molecule has 0 aliphatic rings. The summed E-state index contributed by atoms with van der Waals surface area (Å²) in [6, 6.07) is 11.1. The van der Waals surface area contributed by atoms with Gasteiger partial charge in [0.15, 0.2) is 5.82 Å². The molecule has 0 bridgehead atoms. The number of rotatable bonds is 5. The molecule has 26 heavy (non-hydrogen) atoms. The third-order valence-corrected chi connectivity index (χ3v) is 4.96.